The number of ether oxygens (including phenoxy) is 1. The molecule has 0 saturated heterocycles. The van der Waals surface area contributed by atoms with Gasteiger partial charge in [0.05, 0.1) is 13.2 Å². The minimum Gasteiger partial charge on any atom is -0.380 e. The largest absolute Gasteiger partial charge is 0.380 e. The van der Waals surface area contributed by atoms with Gasteiger partial charge in [0.15, 0.2) is 5.78 Å². The Morgan fingerprint density at radius 1 is 1.24 bits per heavy atom. The fraction of sp³-hybridized carbons (Fsp3) is 0.500. The molecule has 0 aromatic heterocycles. The molecule has 0 heterocycles. The molecule has 0 unspecified atom stereocenters. The fourth-order valence-corrected chi connectivity index (χ4v) is 1.61. The minimum absolute atomic E-state index is 0.170. The first-order valence-electron chi connectivity index (χ1n) is 6.16. The minimum atomic E-state index is 0.170. The molecule has 3 heteroatoms. The van der Waals surface area contributed by atoms with Crippen molar-refractivity contribution in [1.29, 1.82) is 0 Å². The van der Waals surface area contributed by atoms with Crippen LogP contribution in [0.2, 0.25) is 0 Å². The van der Waals surface area contributed by atoms with E-state index in [1.54, 1.807) is 0 Å². The van der Waals surface area contributed by atoms with Gasteiger partial charge in [-0.25, -0.2) is 0 Å². The van der Waals surface area contributed by atoms with E-state index < -0.39 is 0 Å². The Morgan fingerprint density at radius 3 is 2.53 bits per heavy atom. The van der Waals surface area contributed by atoms with Crippen LogP contribution in [0.15, 0.2) is 30.3 Å². The van der Waals surface area contributed by atoms with Gasteiger partial charge in [-0.05, 0) is 13.5 Å². The Morgan fingerprint density at radius 2 is 1.94 bits per heavy atom. The van der Waals surface area contributed by atoms with Gasteiger partial charge in [-0.3, -0.25) is 9.69 Å². The van der Waals surface area contributed by atoms with Crippen molar-refractivity contribution >= 4 is 5.78 Å². The lowest BCUT2D eigenvalue weighted by molar-refractivity contribution is 0.0867. The smallest absolute Gasteiger partial charge is 0.176 e. The number of hydrogen-bond acceptors (Lipinski definition) is 3. The van der Waals surface area contributed by atoms with E-state index in [0.29, 0.717) is 13.2 Å². The molecule has 94 valence electrons. The zero-order valence-electron chi connectivity index (χ0n) is 10.7. The highest BCUT2D eigenvalue weighted by molar-refractivity contribution is 5.97. The van der Waals surface area contributed by atoms with E-state index in [9.17, 15) is 4.79 Å². The fourth-order valence-electron chi connectivity index (χ4n) is 1.61. The Labute approximate surface area is 103 Å². The summed E-state index contributed by atoms with van der Waals surface area (Å²) in [7, 11) is 0. The lowest BCUT2D eigenvalue weighted by Gasteiger charge is -2.19. The maximum Gasteiger partial charge on any atom is 0.176 e. The maximum atomic E-state index is 12.0. The molecular weight excluding hydrogens is 214 g/mol. The topological polar surface area (TPSA) is 29.5 Å². The second kappa shape index (κ2) is 7.98. The summed E-state index contributed by atoms with van der Waals surface area (Å²) in [5.74, 6) is 0.170. The predicted octanol–water partition coefficient (Wildman–Crippen LogP) is 2.23. The highest BCUT2D eigenvalue weighted by Gasteiger charge is 2.10. The van der Waals surface area contributed by atoms with Gasteiger partial charge in [-0.1, -0.05) is 37.3 Å². The molecule has 1 aromatic carbocycles. The summed E-state index contributed by atoms with van der Waals surface area (Å²) in [4.78, 5) is 14.1. The first-order chi connectivity index (χ1) is 8.27. The lowest BCUT2D eigenvalue weighted by Crippen LogP contribution is -2.32. The molecule has 0 amide bonds. The van der Waals surface area contributed by atoms with Crippen LogP contribution in [-0.2, 0) is 4.74 Å². The third-order valence-electron chi connectivity index (χ3n) is 2.67. The maximum absolute atomic E-state index is 12.0. The summed E-state index contributed by atoms with van der Waals surface area (Å²) in [5, 5.41) is 0. The van der Waals surface area contributed by atoms with Crippen molar-refractivity contribution in [2.45, 2.75) is 13.8 Å². The van der Waals surface area contributed by atoms with Crippen molar-refractivity contribution in [3.05, 3.63) is 35.9 Å². The Kier molecular flexibility index (Phi) is 6.51. The van der Waals surface area contributed by atoms with E-state index in [2.05, 4.69) is 11.8 Å². The quantitative estimate of drug-likeness (QED) is 0.511. The lowest BCUT2D eigenvalue weighted by atomic mass is 10.1. The Hall–Kier alpha value is -1.19. The molecule has 0 spiro atoms. The predicted molar refractivity (Wildman–Crippen MR) is 69.4 cm³/mol. The van der Waals surface area contributed by atoms with Crippen LogP contribution in [-0.4, -0.2) is 43.5 Å². The summed E-state index contributed by atoms with van der Waals surface area (Å²) >= 11 is 0. The molecule has 0 radical (unpaired) electrons. The zero-order chi connectivity index (χ0) is 12.5. The first-order valence-corrected chi connectivity index (χ1v) is 6.16. The third-order valence-corrected chi connectivity index (χ3v) is 2.67. The van der Waals surface area contributed by atoms with Gasteiger partial charge in [0.1, 0.15) is 0 Å². The van der Waals surface area contributed by atoms with Gasteiger partial charge >= 0.3 is 0 Å². The van der Waals surface area contributed by atoms with Crippen LogP contribution in [0.25, 0.3) is 0 Å². The van der Waals surface area contributed by atoms with Gasteiger partial charge < -0.3 is 4.74 Å². The van der Waals surface area contributed by atoms with Gasteiger partial charge in [0.25, 0.3) is 0 Å². The number of nitrogens with zero attached hydrogens (tertiary/aromatic N) is 1. The van der Waals surface area contributed by atoms with Crippen LogP contribution < -0.4 is 0 Å². The number of carbonyl (C=O) groups excluding carboxylic acids is 1. The monoisotopic (exact) mass is 235 g/mol. The van der Waals surface area contributed by atoms with Crippen molar-refractivity contribution in [3.8, 4) is 0 Å². The van der Waals surface area contributed by atoms with Crippen LogP contribution in [0.1, 0.15) is 24.2 Å². The van der Waals surface area contributed by atoms with Crippen LogP contribution in [0.3, 0.4) is 0 Å². The Balaban J connectivity index is 2.42. The van der Waals surface area contributed by atoms with Crippen LogP contribution in [0.4, 0.5) is 0 Å². The van der Waals surface area contributed by atoms with Gasteiger partial charge in [-0.2, -0.15) is 0 Å². The normalized spacial score (nSPS) is 10.8. The molecule has 0 aliphatic carbocycles. The van der Waals surface area contributed by atoms with E-state index in [1.807, 2.05) is 37.3 Å². The SMILES string of the molecule is CCOCCN(CC)CC(=O)c1ccccc1. The molecule has 0 aliphatic rings. The molecule has 0 aliphatic heterocycles. The molecule has 1 rings (SSSR count). The summed E-state index contributed by atoms with van der Waals surface area (Å²) < 4.78 is 5.30. The molecule has 0 N–H and O–H groups in total. The van der Waals surface area contributed by atoms with E-state index in [-0.39, 0.29) is 5.78 Å². The van der Waals surface area contributed by atoms with Crippen LogP contribution >= 0.6 is 0 Å². The zero-order valence-corrected chi connectivity index (χ0v) is 10.7. The molecule has 3 nitrogen and oxygen atoms in total. The second-order valence-corrected chi connectivity index (χ2v) is 3.85. The van der Waals surface area contributed by atoms with Crippen molar-refractivity contribution in [2.75, 3.05) is 32.8 Å². The van der Waals surface area contributed by atoms with E-state index >= 15 is 0 Å². The highest BCUT2D eigenvalue weighted by atomic mass is 16.5. The number of hydrogen-bond donors (Lipinski definition) is 0. The third kappa shape index (κ3) is 5.11. The molecule has 0 saturated carbocycles. The summed E-state index contributed by atoms with van der Waals surface area (Å²) in [6.45, 7) is 7.59. The number of likely N-dealkylation sites (N-methyl/N-ethyl adjacent to an activating group) is 1. The number of benzene rings is 1. The molecule has 0 fully saturated rings. The highest BCUT2D eigenvalue weighted by Crippen LogP contribution is 2.01. The summed E-state index contributed by atoms with van der Waals surface area (Å²) in [6.07, 6.45) is 0. The molecular formula is C14H21NO2. The standard InChI is InChI=1S/C14H21NO2/c1-3-15(10-11-17-4-2)12-14(16)13-8-6-5-7-9-13/h5-9H,3-4,10-12H2,1-2H3. The number of ketones is 1. The van der Waals surface area contributed by atoms with Crippen LogP contribution in [0.5, 0.6) is 0 Å². The molecule has 0 bridgehead atoms. The van der Waals surface area contributed by atoms with Crippen molar-refractivity contribution in [1.82, 2.24) is 4.90 Å². The molecule has 17 heavy (non-hydrogen) atoms. The summed E-state index contributed by atoms with van der Waals surface area (Å²) in [6, 6.07) is 9.42. The molecule has 1 aromatic rings. The van der Waals surface area contributed by atoms with Crippen molar-refractivity contribution in [3.63, 3.8) is 0 Å². The molecule has 0 atom stereocenters. The average molecular weight is 235 g/mol. The van der Waals surface area contributed by atoms with Crippen molar-refractivity contribution < 1.29 is 9.53 Å². The van der Waals surface area contributed by atoms with E-state index in [0.717, 1.165) is 25.3 Å². The van der Waals surface area contributed by atoms with Gasteiger partial charge in [0, 0.05) is 18.7 Å². The number of Topliss-reactive ketones (excluding diaryl/α,β-unsaturated/α-hetero) is 1. The first kappa shape index (κ1) is 13.9. The van der Waals surface area contributed by atoms with Crippen molar-refractivity contribution in [2.24, 2.45) is 0 Å². The van der Waals surface area contributed by atoms with E-state index in [1.165, 1.54) is 0 Å². The van der Waals surface area contributed by atoms with Gasteiger partial charge in [-0.15, -0.1) is 0 Å². The Bertz CT molecular complexity index is 324. The van der Waals surface area contributed by atoms with Crippen LogP contribution in [0, 0.1) is 0 Å². The average Bonchev–Trinajstić information content (AvgIpc) is 2.38. The summed E-state index contributed by atoms with van der Waals surface area (Å²) in [5.41, 5.74) is 0.780. The number of rotatable bonds is 8. The van der Waals surface area contributed by atoms with Gasteiger partial charge in [0.2, 0.25) is 0 Å². The van der Waals surface area contributed by atoms with E-state index in [4.69, 9.17) is 4.74 Å². The number of carbonyl (C=O) groups is 1. The second-order valence-electron chi connectivity index (χ2n) is 3.85.